The van der Waals surface area contributed by atoms with Crippen molar-refractivity contribution < 1.29 is 4.79 Å². The van der Waals surface area contributed by atoms with Crippen LogP contribution < -0.4 is 16.0 Å². The average Bonchev–Trinajstić information content (AvgIpc) is 3.19. The fourth-order valence-electron chi connectivity index (χ4n) is 2.43. The van der Waals surface area contributed by atoms with E-state index in [0.717, 1.165) is 29.4 Å². The third-order valence-corrected chi connectivity index (χ3v) is 3.87. The third-order valence-electron chi connectivity index (χ3n) is 3.51. The van der Waals surface area contributed by atoms with Crippen molar-refractivity contribution in [3.05, 3.63) is 28.8 Å². The monoisotopic (exact) mass is 309 g/mol. The van der Waals surface area contributed by atoms with Gasteiger partial charge >= 0.3 is 0 Å². The number of primary amides is 1. The molecule has 0 aliphatic heterocycles. The molecule has 1 aromatic carbocycles. The molecule has 0 radical (unpaired) electrons. The minimum absolute atomic E-state index is 0.217. The summed E-state index contributed by atoms with van der Waals surface area (Å²) in [5, 5.41) is 4.22. The fourth-order valence-corrected chi connectivity index (χ4v) is 2.67. The number of anilines is 1. The van der Waals surface area contributed by atoms with Crippen molar-refractivity contribution in [1.82, 2.24) is 5.32 Å². The number of benzene rings is 1. The molecule has 4 nitrogen and oxygen atoms in total. The molecule has 116 valence electrons. The van der Waals surface area contributed by atoms with E-state index in [4.69, 9.17) is 17.3 Å². The zero-order chi connectivity index (χ0) is 15.4. The molecule has 21 heavy (non-hydrogen) atoms. The van der Waals surface area contributed by atoms with Crippen molar-refractivity contribution in [2.45, 2.75) is 39.3 Å². The van der Waals surface area contributed by atoms with Crippen LogP contribution in [0.3, 0.4) is 0 Å². The topological polar surface area (TPSA) is 58.4 Å². The lowest BCUT2D eigenvalue weighted by molar-refractivity contribution is -0.116. The molecule has 0 atom stereocenters. The fraction of sp³-hybridized carbons (Fsp3) is 0.562. The van der Waals surface area contributed by atoms with Crippen molar-refractivity contribution in [3.8, 4) is 0 Å². The summed E-state index contributed by atoms with van der Waals surface area (Å²) >= 11 is 6.37. The third kappa shape index (κ3) is 4.90. The minimum Gasteiger partial charge on any atom is -0.368 e. The highest BCUT2D eigenvalue weighted by atomic mass is 35.5. The van der Waals surface area contributed by atoms with Gasteiger partial charge in [0.15, 0.2) is 0 Å². The molecule has 1 aliphatic rings. The van der Waals surface area contributed by atoms with Gasteiger partial charge in [0.2, 0.25) is 5.91 Å². The molecule has 1 aromatic rings. The number of hydrogen-bond acceptors (Lipinski definition) is 3. The maximum Gasteiger partial charge on any atom is 0.236 e. The smallest absolute Gasteiger partial charge is 0.236 e. The van der Waals surface area contributed by atoms with E-state index >= 15 is 0 Å². The predicted molar refractivity (Wildman–Crippen MR) is 87.6 cm³/mol. The molecule has 0 unspecified atom stereocenters. The zero-order valence-electron chi connectivity index (χ0n) is 12.7. The molecule has 1 fully saturated rings. The second-order valence-corrected chi connectivity index (χ2v) is 6.54. The van der Waals surface area contributed by atoms with Crippen molar-refractivity contribution in [1.29, 1.82) is 0 Å². The van der Waals surface area contributed by atoms with Gasteiger partial charge in [-0.1, -0.05) is 31.5 Å². The molecule has 0 heterocycles. The highest BCUT2D eigenvalue weighted by molar-refractivity contribution is 6.31. The van der Waals surface area contributed by atoms with Gasteiger partial charge < -0.3 is 16.0 Å². The first-order chi connectivity index (χ1) is 9.97. The lowest BCUT2D eigenvalue weighted by Crippen LogP contribution is -2.37. The summed E-state index contributed by atoms with van der Waals surface area (Å²) in [6, 6.07) is 6.45. The molecular formula is C16H24ClN3O. The summed E-state index contributed by atoms with van der Waals surface area (Å²) < 4.78 is 0. The van der Waals surface area contributed by atoms with E-state index in [1.54, 1.807) is 0 Å². The van der Waals surface area contributed by atoms with Crippen LogP contribution in [0.25, 0.3) is 0 Å². The first-order valence-electron chi connectivity index (χ1n) is 7.51. The Labute approximate surface area is 131 Å². The van der Waals surface area contributed by atoms with Gasteiger partial charge in [0, 0.05) is 35.4 Å². The largest absolute Gasteiger partial charge is 0.368 e. The van der Waals surface area contributed by atoms with Gasteiger partial charge in [0.05, 0.1) is 6.54 Å². The number of nitrogens with zero attached hydrogens (tertiary/aromatic N) is 1. The van der Waals surface area contributed by atoms with Crippen LogP contribution in [0.4, 0.5) is 5.69 Å². The summed E-state index contributed by atoms with van der Waals surface area (Å²) in [5.41, 5.74) is 7.45. The van der Waals surface area contributed by atoms with Crippen molar-refractivity contribution >= 4 is 23.2 Å². The molecular weight excluding hydrogens is 286 g/mol. The van der Waals surface area contributed by atoms with Gasteiger partial charge in [0.25, 0.3) is 0 Å². The number of nitrogens with two attached hydrogens (primary N) is 1. The Morgan fingerprint density at radius 2 is 2.19 bits per heavy atom. The lowest BCUT2D eigenvalue weighted by atomic mass is 10.1. The van der Waals surface area contributed by atoms with Crippen molar-refractivity contribution in [2.24, 2.45) is 11.7 Å². The molecule has 3 N–H and O–H groups in total. The number of carbonyl (C=O) groups excluding carboxylic acids is 1. The molecule has 0 spiro atoms. The molecule has 1 amide bonds. The van der Waals surface area contributed by atoms with Crippen LogP contribution in [-0.2, 0) is 11.3 Å². The lowest BCUT2D eigenvalue weighted by Gasteiger charge is -2.28. The van der Waals surface area contributed by atoms with Crippen molar-refractivity contribution in [3.63, 3.8) is 0 Å². The number of hydrogen-bond donors (Lipinski definition) is 2. The number of halogens is 1. The van der Waals surface area contributed by atoms with E-state index in [-0.39, 0.29) is 12.5 Å². The number of nitrogens with one attached hydrogen (secondary N) is 1. The summed E-state index contributed by atoms with van der Waals surface area (Å²) in [6.45, 7) is 5.98. The van der Waals surface area contributed by atoms with E-state index < -0.39 is 0 Å². The molecule has 0 aromatic heterocycles. The molecule has 5 heteroatoms. The van der Waals surface area contributed by atoms with Crippen LogP contribution in [0.15, 0.2) is 18.2 Å². The quantitative estimate of drug-likeness (QED) is 0.776. The van der Waals surface area contributed by atoms with Gasteiger partial charge in [0.1, 0.15) is 0 Å². The Balaban J connectivity index is 2.23. The molecule has 0 bridgehead atoms. The first-order valence-corrected chi connectivity index (χ1v) is 7.89. The Morgan fingerprint density at radius 3 is 2.76 bits per heavy atom. The van der Waals surface area contributed by atoms with Gasteiger partial charge in [-0.2, -0.15) is 0 Å². The van der Waals surface area contributed by atoms with Gasteiger partial charge in [-0.15, -0.1) is 0 Å². The first kappa shape index (κ1) is 16.1. The maximum atomic E-state index is 11.4. The Morgan fingerprint density at radius 1 is 1.48 bits per heavy atom. The summed E-state index contributed by atoms with van der Waals surface area (Å²) in [4.78, 5) is 13.4. The Hall–Kier alpha value is -1.26. The molecule has 1 saturated carbocycles. The van der Waals surface area contributed by atoms with Crippen LogP contribution >= 0.6 is 11.6 Å². The highest BCUT2D eigenvalue weighted by Crippen LogP contribution is 2.29. The van der Waals surface area contributed by atoms with Crippen LogP contribution in [0, 0.1) is 5.92 Å². The second kappa shape index (κ2) is 7.14. The van der Waals surface area contributed by atoms with E-state index in [1.165, 1.54) is 12.8 Å². The molecule has 1 aliphatic carbocycles. The van der Waals surface area contributed by atoms with Crippen molar-refractivity contribution in [2.75, 3.05) is 18.0 Å². The van der Waals surface area contributed by atoms with Crippen LogP contribution in [0.1, 0.15) is 32.3 Å². The second-order valence-electron chi connectivity index (χ2n) is 6.13. The SMILES string of the molecule is CC(C)CN(CC(N)=O)c1cccc(Cl)c1CNC1CC1. The van der Waals surface area contributed by atoms with Crippen LogP contribution in [0.5, 0.6) is 0 Å². The molecule has 2 rings (SSSR count). The van der Waals surface area contributed by atoms with Crippen LogP contribution in [0.2, 0.25) is 5.02 Å². The van der Waals surface area contributed by atoms with E-state index in [1.807, 2.05) is 23.1 Å². The van der Waals surface area contributed by atoms with Gasteiger partial charge in [-0.3, -0.25) is 4.79 Å². The van der Waals surface area contributed by atoms with Crippen LogP contribution in [-0.4, -0.2) is 25.0 Å². The van der Waals surface area contributed by atoms with E-state index in [0.29, 0.717) is 12.0 Å². The number of amides is 1. The summed E-state index contributed by atoms with van der Waals surface area (Å²) in [6.07, 6.45) is 2.47. The van der Waals surface area contributed by atoms with E-state index in [9.17, 15) is 4.79 Å². The Bertz CT molecular complexity index is 500. The summed E-state index contributed by atoms with van der Waals surface area (Å²) in [5.74, 6) is 0.115. The predicted octanol–water partition coefficient (Wildman–Crippen LogP) is 2.54. The number of carbonyl (C=O) groups is 1. The Kier molecular flexibility index (Phi) is 5.48. The summed E-state index contributed by atoms with van der Waals surface area (Å²) in [7, 11) is 0. The highest BCUT2D eigenvalue weighted by Gasteiger charge is 2.22. The normalized spacial score (nSPS) is 14.5. The number of rotatable bonds is 8. The zero-order valence-corrected chi connectivity index (χ0v) is 13.5. The van der Waals surface area contributed by atoms with Gasteiger partial charge in [-0.25, -0.2) is 0 Å². The van der Waals surface area contributed by atoms with E-state index in [2.05, 4.69) is 19.2 Å². The van der Waals surface area contributed by atoms with Gasteiger partial charge in [-0.05, 0) is 30.9 Å². The average molecular weight is 310 g/mol. The molecule has 0 saturated heterocycles. The maximum absolute atomic E-state index is 11.4. The minimum atomic E-state index is -0.322. The standard InChI is InChI=1S/C16H24ClN3O/c1-11(2)9-20(10-16(18)21)15-5-3-4-14(17)13(15)8-19-12-6-7-12/h3-5,11-12,19H,6-10H2,1-2H3,(H2,18,21).